The third kappa shape index (κ3) is 5.19. The number of pyridine rings is 1. The number of benzene rings is 1. The van der Waals surface area contributed by atoms with Gasteiger partial charge in [0.1, 0.15) is 5.75 Å². The number of carbonyl (C=O) groups excluding carboxylic acids is 1. The molecule has 0 unspecified atom stereocenters. The second-order valence-electron chi connectivity index (χ2n) is 6.39. The SMILES string of the molecule is O=C(NCC1(O)CCCCC1)Nc1ccc(Oc2ccccc2)nc1. The Morgan fingerprint density at radius 3 is 2.56 bits per heavy atom. The van der Waals surface area contributed by atoms with Gasteiger partial charge in [-0.3, -0.25) is 0 Å². The average Bonchev–Trinajstić information content (AvgIpc) is 2.63. The van der Waals surface area contributed by atoms with Crippen LogP contribution in [-0.4, -0.2) is 28.3 Å². The molecule has 1 saturated carbocycles. The molecule has 6 heteroatoms. The van der Waals surface area contributed by atoms with Crippen molar-refractivity contribution in [3.63, 3.8) is 0 Å². The summed E-state index contributed by atoms with van der Waals surface area (Å²) in [6.07, 6.45) is 6.17. The van der Waals surface area contributed by atoms with Gasteiger partial charge < -0.3 is 20.5 Å². The Morgan fingerprint density at radius 2 is 1.88 bits per heavy atom. The van der Waals surface area contributed by atoms with Crippen molar-refractivity contribution in [2.24, 2.45) is 0 Å². The van der Waals surface area contributed by atoms with Crippen molar-refractivity contribution in [2.45, 2.75) is 37.7 Å². The number of carbonyl (C=O) groups is 1. The van der Waals surface area contributed by atoms with Gasteiger partial charge in [-0.15, -0.1) is 0 Å². The highest BCUT2D eigenvalue weighted by molar-refractivity contribution is 5.89. The molecule has 3 N–H and O–H groups in total. The van der Waals surface area contributed by atoms with E-state index >= 15 is 0 Å². The second kappa shape index (κ2) is 7.98. The van der Waals surface area contributed by atoms with Crippen molar-refractivity contribution in [1.29, 1.82) is 0 Å². The largest absolute Gasteiger partial charge is 0.439 e. The summed E-state index contributed by atoms with van der Waals surface area (Å²) in [5, 5.41) is 15.8. The molecule has 1 aromatic carbocycles. The zero-order chi connectivity index (χ0) is 17.5. The number of aliphatic hydroxyl groups is 1. The van der Waals surface area contributed by atoms with Crippen molar-refractivity contribution in [3.05, 3.63) is 48.7 Å². The number of amides is 2. The van der Waals surface area contributed by atoms with Crippen molar-refractivity contribution < 1.29 is 14.6 Å². The van der Waals surface area contributed by atoms with E-state index in [1.807, 2.05) is 30.3 Å². The van der Waals surface area contributed by atoms with Gasteiger partial charge in [0.2, 0.25) is 5.88 Å². The summed E-state index contributed by atoms with van der Waals surface area (Å²) in [5.74, 6) is 1.16. The molecule has 0 aliphatic heterocycles. The van der Waals surface area contributed by atoms with Gasteiger partial charge in [0.25, 0.3) is 0 Å². The van der Waals surface area contributed by atoms with Crippen LogP contribution in [0.1, 0.15) is 32.1 Å². The summed E-state index contributed by atoms with van der Waals surface area (Å²) in [6.45, 7) is 0.265. The third-order valence-corrected chi connectivity index (χ3v) is 4.32. The first-order chi connectivity index (χ1) is 12.1. The first-order valence-corrected chi connectivity index (χ1v) is 8.59. The molecule has 0 atom stereocenters. The van der Waals surface area contributed by atoms with Crippen LogP contribution >= 0.6 is 0 Å². The number of hydrogen-bond donors (Lipinski definition) is 3. The molecule has 6 nitrogen and oxygen atoms in total. The highest BCUT2D eigenvalue weighted by atomic mass is 16.5. The Labute approximate surface area is 147 Å². The van der Waals surface area contributed by atoms with E-state index in [1.54, 1.807) is 12.1 Å². The lowest BCUT2D eigenvalue weighted by molar-refractivity contribution is 0.00755. The average molecular weight is 341 g/mol. The zero-order valence-corrected chi connectivity index (χ0v) is 14.1. The van der Waals surface area contributed by atoms with E-state index in [-0.39, 0.29) is 12.6 Å². The number of anilines is 1. The molecule has 0 radical (unpaired) electrons. The fraction of sp³-hybridized carbons (Fsp3) is 0.368. The van der Waals surface area contributed by atoms with Crippen LogP contribution in [0, 0.1) is 0 Å². The molecule has 0 saturated heterocycles. The molecular weight excluding hydrogens is 318 g/mol. The topological polar surface area (TPSA) is 83.5 Å². The van der Waals surface area contributed by atoms with E-state index in [4.69, 9.17) is 4.74 Å². The van der Waals surface area contributed by atoms with E-state index in [0.29, 0.717) is 17.3 Å². The maximum atomic E-state index is 12.0. The van der Waals surface area contributed by atoms with Crippen LogP contribution in [0.5, 0.6) is 11.6 Å². The second-order valence-corrected chi connectivity index (χ2v) is 6.39. The third-order valence-electron chi connectivity index (χ3n) is 4.32. The molecule has 2 amide bonds. The molecule has 1 fully saturated rings. The standard InChI is InChI=1S/C19H23N3O3/c23-18(21-14-19(24)11-5-2-6-12-19)22-15-9-10-17(20-13-15)25-16-7-3-1-4-8-16/h1,3-4,7-10,13,24H,2,5-6,11-12,14H2,(H2,21,22,23). The number of hydrogen-bond acceptors (Lipinski definition) is 4. The van der Waals surface area contributed by atoms with Crippen LogP contribution in [0.3, 0.4) is 0 Å². The predicted octanol–water partition coefficient (Wildman–Crippen LogP) is 3.69. The molecule has 25 heavy (non-hydrogen) atoms. The van der Waals surface area contributed by atoms with Gasteiger partial charge in [-0.1, -0.05) is 37.5 Å². The minimum absolute atomic E-state index is 0.265. The van der Waals surface area contributed by atoms with Gasteiger partial charge in [-0.2, -0.15) is 0 Å². The predicted molar refractivity (Wildman–Crippen MR) is 95.8 cm³/mol. The van der Waals surface area contributed by atoms with E-state index in [2.05, 4.69) is 15.6 Å². The van der Waals surface area contributed by atoms with Crippen LogP contribution in [0.2, 0.25) is 0 Å². The van der Waals surface area contributed by atoms with E-state index in [9.17, 15) is 9.90 Å². The van der Waals surface area contributed by atoms with Crippen molar-refractivity contribution in [2.75, 3.05) is 11.9 Å². The summed E-state index contributed by atoms with van der Waals surface area (Å²) in [4.78, 5) is 16.2. The van der Waals surface area contributed by atoms with Crippen molar-refractivity contribution in [1.82, 2.24) is 10.3 Å². The van der Waals surface area contributed by atoms with Gasteiger partial charge in [0, 0.05) is 12.6 Å². The molecule has 132 valence electrons. The number of nitrogens with zero attached hydrogens (tertiary/aromatic N) is 1. The van der Waals surface area contributed by atoms with Crippen molar-refractivity contribution >= 4 is 11.7 Å². The minimum atomic E-state index is -0.777. The number of ether oxygens (including phenoxy) is 1. The molecule has 1 aliphatic rings. The Bertz CT molecular complexity index is 683. The fourth-order valence-electron chi connectivity index (χ4n) is 2.93. The Balaban J connectivity index is 1.48. The fourth-order valence-corrected chi connectivity index (χ4v) is 2.93. The van der Waals surface area contributed by atoms with Gasteiger partial charge in [-0.25, -0.2) is 9.78 Å². The quantitative estimate of drug-likeness (QED) is 0.774. The lowest BCUT2D eigenvalue weighted by atomic mass is 9.85. The molecule has 1 aliphatic carbocycles. The molecule has 1 heterocycles. The monoisotopic (exact) mass is 341 g/mol. The maximum absolute atomic E-state index is 12.0. The summed E-state index contributed by atoms with van der Waals surface area (Å²) >= 11 is 0. The Morgan fingerprint density at radius 1 is 1.12 bits per heavy atom. The first kappa shape index (κ1) is 17.2. The summed E-state index contributed by atoms with van der Waals surface area (Å²) in [6, 6.07) is 12.4. The number of rotatable bonds is 5. The van der Waals surface area contributed by atoms with Crippen molar-refractivity contribution in [3.8, 4) is 11.6 Å². The Kier molecular flexibility index (Phi) is 5.50. The molecule has 1 aromatic heterocycles. The van der Waals surface area contributed by atoms with E-state index < -0.39 is 5.60 Å². The van der Waals surface area contributed by atoms with Gasteiger partial charge in [0.15, 0.2) is 0 Å². The number of aromatic nitrogens is 1. The van der Waals surface area contributed by atoms with Gasteiger partial charge >= 0.3 is 6.03 Å². The van der Waals surface area contributed by atoms with Gasteiger partial charge in [-0.05, 0) is 31.0 Å². The maximum Gasteiger partial charge on any atom is 0.319 e. The van der Waals surface area contributed by atoms with Crippen LogP contribution in [0.25, 0.3) is 0 Å². The van der Waals surface area contributed by atoms with Crippen LogP contribution in [0.15, 0.2) is 48.7 Å². The highest BCUT2D eigenvalue weighted by Gasteiger charge is 2.29. The number of urea groups is 1. The molecular formula is C19H23N3O3. The van der Waals surface area contributed by atoms with Crippen LogP contribution in [0.4, 0.5) is 10.5 Å². The molecule has 2 aromatic rings. The molecule has 0 spiro atoms. The van der Waals surface area contributed by atoms with Crippen LogP contribution in [-0.2, 0) is 0 Å². The highest BCUT2D eigenvalue weighted by Crippen LogP contribution is 2.27. The smallest absolute Gasteiger partial charge is 0.319 e. The Hall–Kier alpha value is -2.60. The van der Waals surface area contributed by atoms with Crippen LogP contribution < -0.4 is 15.4 Å². The number of para-hydroxylation sites is 1. The first-order valence-electron chi connectivity index (χ1n) is 8.59. The number of nitrogens with one attached hydrogen (secondary N) is 2. The molecule has 0 bridgehead atoms. The zero-order valence-electron chi connectivity index (χ0n) is 14.1. The summed E-state index contributed by atoms with van der Waals surface area (Å²) in [5.41, 5.74) is -0.213. The lowest BCUT2D eigenvalue weighted by Gasteiger charge is -2.32. The minimum Gasteiger partial charge on any atom is -0.439 e. The van der Waals surface area contributed by atoms with E-state index in [0.717, 1.165) is 32.1 Å². The summed E-state index contributed by atoms with van der Waals surface area (Å²) < 4.78 is 5.61. The summed E-state index contributed by atoms with van der Waals surface area (Å²) in [7, 11) is 0. The molecule has 3 rings (SSSR count). The van der Waals surface area contributed by atoms with E-state index in [1.165, 1.54) is 6.20 Å². The van der Waals surface area contributed by atoms with Gasteiger partial charge in [0.05, 0.1) is 17.5 Å². The normalized spacial score (nSPS) is 16.0. The lowest BCUT2D eigenvalue weighted by Crippen LogP contribution is -2.45.